The topological polar surface area (TPSA) is 100 Å². The van der Waals surface area contributed by atoms with Crippen molar-refractivity contribution in [2.75, 3.05) is 17.2 Å². The Morgan fingerprint density at radius 2 is 1.90 bits per heavy atom. The number of hydrogen-bond donors (Lipinski definition) is 3. The highest BCUT2D eigenvalue weighted by molar-refractivity contribution is 5.82. The van der Waals surface area contributed by atoms with Crippen LogP contribution < -0.4 is 21.1 Å². The Kier molecular flexibility index (Phi) is 6.28. The van der Waals surface area contributed by atoms with Crippen molar-refractivity contribution in [1.29, 1.82) is 5.26 Å². The van der Waals surface area contributed by atoms with Gasteiger partial charge in [0, 0.05) is 23.3 Å². The normalized spacial score (nSPS) is 18.5. The number of anilines is 3. The van der Waals surface area contributed by atoms with Gasteiger partial charge in [-0.1, -0.05) is 6.92 Å². The van der Waals surface area contributed by atoms with E-state index in [2.05, 4.69) is 28.7 Å². The lowest BCUT2D eigenvalue weighted by Crippen LogP contribution is -2.33. The quantitative estimate of drug-likeness (QED) is 0.519. The lowest BCUT2D eigenvalue weighted by molar-refractivity contribution is 0.340. The molecule has 1 fully saturated rings. The highest BCUT2D eigenvalue weighted by atomic mass is 16.5. The molecule has 2 aromatic heterocycles. The first-order valence-corrected chi connectivity index (χ1v) is 11.1. The summed E-state index contributed by atoms with van der Waals surface area (Å²) in [4.78, 5) is 0. The molecule has 31 heavy (non-hydrogen) atoms. The summed E-state index contributed by atoms with van der Waals surface area (Å²) in [7, 11) is 0. The largest absolute Gasteiger partial charge is 0.494 e. The van der Waals surface area contributed by atoms with E-state index in [1.807, 2.05) is 41.8 Å². The summed E-state index contributed by atoms with van der Waals surface area (Å²) in [6, 6.07) is 12.8. The fourth-order valence-electron chi connectivity index (χ4n) is 4.35. The third-order valence-electron chi connectivity index (χ3n) is 5.96. The molecule has 0 unspecified atom stereocenters. The number of nitrogens with one attached hydrogen (secondary N) is 2. The Hall–Kier alpha value is -3.24. The number of nitriles is 1. The average molecular weight is 419 g/mol. The predicted molar refractivity (Wildman–Crippen MR) is 124 cm³/mol. The maximum atomic E-state index is 10.0. The van der Waals surface area contributed by atoms with Gasteiger partial charge in [0.15, 0.2) is 0 Å². The number of benzene rings is 1. The molecule has 1 saturated carbocycles. The molecule has 1 aliphatic rings. The third kappa shape index (κ3) is 4.30. The van der Waals surface area contributed by atoms with E-state index < -0.39 is 0 Å². The molecule has 0 saturated heterocycles. The van der Waals surface area contributed by atoms with Crippen LogP contribution in [0.2, 0.25) is 0 Å². The maximum absolute atomic E-state index is 10.0. The molecule has 0 radical (unpaired) electrons. The van der Waals surface area contributed by atoms with Gasteiger partial charge in [-0.15, -0.1) is 0 Å². The number of aromatic nitrogens is 2. The molecule has 0 atom stereocenters. The first kappa shape index (κ1) is 21.0. The van der Waals surface area contributed by atoms with Crippen molar-refractivity contribution >= 4 is 22.7 Å². The highest BCUT2D eigenvalue weighted by Gasteiger charge is 2.24. The van der Waals surface area contributed by atoms with Gasteiger partial charge in [-0.25, -0.2) is 4.52 Å². The molecule has 7 heteroatoms. The second kappa shape index (κ2) is 9.27. The Labute approximate surface area is 183 Å². The third-order valence-corrected chi connectivity index (χ3v) is 5.96. The zero-order valence-corrected chi connectivity index (χ0v) is 18.2. The van der Waals surface area contributed by atoms with Crippen molar-refractivity contribution in [3.8, 4) is 11.8 Å². The molecule has 0 amide bonds. The number of pyridine rings is 1. The van der Waals surface area contributed by atoms with Crippen LogP contribution in [0.4, 0.5) is 17.2 Å². The van der Waals surface area contributed by atoms with Crippen molar-refractivity contribution in [2.24, 2.45) is 5.73 Å². The van der Waals surface area contributed by atoms with Crippen LogP contribution in [-0.4, -0.2) is 28.3 Å². The second-order valence-corrected chi connectivity index (χ2v) is 8.01. The second-order valence-electron chi connectivity index (χ2n) is 8.01. The first-order valence-electron chi connectivity index (χ1n) is 11.1. The summed E-state index contributed by atoms with van der Waals surface area (Å²) in [5.74, 6) is 1.71. The number of fused-ring (bicyclic) bond motifs is 1. The number of rotatable bonds is 7. The minimum absolute atomic E-state index is 0.285. The van der Waals surface area contributed by atoms with Gasteiger partial charge in [-0.05, 0) is 69.4 Å². The van der Waals surface area contributed by atoms with Crippen molar-refractivity contribution in [3.05, 3.63) is 47.7 Å². The van der Waals surface area contributed by atoms with Crippen LogP contribution in [0.1, 0.15) is 50.7 Å². The van der Waals surface area contributed by atoms with Crippen molar-refractivity contribution < 1.29 is 4.74 Å². The van der Waals surface area contributed by atoms with Crippen molar-refractivity contribution in [2.45, 2.75) is 58.0 Å². The van der Waals surface area contributed by atoms with Crippen LogP contribution in [0.5, 0.6) is 5.75 Å². The summed E-state index contributed by atoms with van der Waals surface area (Å²) in [6.45, 7) is 4.72. The minimum atomic E-state index is 0.285. The number of nitrogens with zero attached hydrogens (tertiary/aromatic N) is 3. The van der Waals surface area contributed by atoms with E-state index in [9.17, 15) is 5.26 Å². The van der Waals surface area contributed by atoms with Gasteiger partial charge >= 0.3 is 0 Å². The van der Waals surface area contributed by atoms with E-state index in [0.717, 1.165) is 66.1 Å². The Bertz CT molecular complexity index is 1070. The average Bonchev–Trinajstić information content (AvgIpc) is 3.27. The van der Waals surface area contributed by atoms with E-state index in [1.165, 1.54) is 0 Å². The predicted octanol–water partition coefficient (Wildman–Crippen LogP) is 4.59. The van der Waals surface area contributed by atoms with Gasteiger partial charge in [-0.2, -0.15) is 10.4 Å². The summed E-state index contributed by atoms with van der Waals surface area (Å²) < 4.78 is 7.38. The molecular formula is C24H30N6O. The van der Waals surface area contributed by atoms with Gasteiger partial charge in [0.05, 0.1) is 24.0 Å². The Morgan fingerprint density at radius 1 is 1.16 bits per heavy atom. The molecule has 3 aromatic rings. The molecule has 2 heterocycles. The number of nitrogens with two attached hydrogens (primary N) is 1. The van der Waals surface area contributed by atoms with Gasteiger partial charge in [0.25, 0.3) is 0 Å². The summed E-state index contributed by atoms with van der Waals surface area (Å²) >= 11 is 0. The number of hydrogen-bond acceptors (Lipinski definition) is 6. The molecule has 0 spiro atoms. The van der Waals surface area contributed by atoms with E-state index in [-0.39, 0.29) is 6.04 Å². The Balaban J connectivity index is 1.75. The van der Waals surface area contributed by atoms with Gasteiger partial charge in [0.2, 0.25) is 0 Å². The van der Waals surface area contributed by atoms with Crippen LogP contribution >= 0.6 is 0 Å². The summed E-state index contributed by atoms with van der Waals surface area (Å²) in [6.07, 6.45) is 6.55. The van der Waals surface area contributed by atoms with E-state index >= 15 is 0 Å². The lowest BCUT2D eigenvalue weighted by atomic mass is 9.91. The molecule has 0 aliphatic heterocycles. The van der Waals surface area contributed by atoms with Gasteiger partial charge < -0.3 is 21.1 Å². The summed E-state index contributed by atoms with van der Waals surface area (Å²) in [5, 5.41) is 21.7. The SMILES string of the molecule is CCOc1ccc(Nc2c(CC)c(N[C@H]3CC[C@H](N)CC3)c(C#N)c3ccnn23)cc1. The standard InChI is InChI=1S/C24H30N6O/c1-3-20-23(28-17-7-5-16(26)6-8-17)21(15-25)22-13-14-27-30(22)24(20)29-18-9-11-19(12-10-18)31-4-2/h9-14,16-17,28-29H,3-8,26H2,1-2H3/t16-,17-. The minimum Gasteiger partial charge on any atom is -0.494 e. The van der Waals surface area contributed by atoms with E-state index in [4.69, 9.17) is 10.5 Å². The molecule has 0 bridgehead atoms. The summed E-state index contributed by atoms with van der Waals surface area (Å²) in [5.41, 5.74) is 10.4. The molecule has 162 valence electrons. The van der Waals surface area contributed by atoms with E-state index in [1.54, 1.807) is 6.20 Å². The van der Waals surface area contributed by atoms with Gasteiger partial charge in [-0.3, -0.25) is 0 Å². The van der Waals surface area contributed by atoms with Crippen LogP contribution in [0, 0.1) is 11.3 Å². The zero-order valence-electron chi connectivity index (χ0n) is 18.2. The monoisotopic (exact) mass is 418 g/mol. The van der Waals surface area contributed by atoms with Crippen molar-refractivity contribution in [1.82, 2.24) is 9.61 Å². The Morgan fingerprint density at radius 3 is 2.55 bits per heavy atom. The first-order chi connectivity index (χ1) is 15.1. The molecular weight excluding hydrogens is 388 g/mol. The maximum Gasteiger partial charge on any atom is 0.137 e. The zero-order chi connectivity index (χ0) is 21.8. The molecule has 7 nitrogen and oxygen atoms in total. The van der Waals surface area contributed by atoms with Crippen LogP contribution in [0.25, 0.3) is 5.52 Å². The number of ether oxygens (including phenoxy) is 1. The van der Waals surface area contributed by atoms with Crippen LogP contribution in [0.15, 0.2) is 36.5 Å². The van der Waals surface area contributed by atoms with Crippen LogP contribution in [-0.2, 0) is 6.42 Å². The van der Waals surface area contributed by atoms with E-state index in [0.29, 0.717) is 18.2 Å². The smallest absolute Gasteiger partial charge is 0.137 e. The fraction of sp³-hybridized carbons (Fsp3) is 0.417. The van der Waals surface area contributed by atoms with Crippen molar-refractivity contribution in [3.63, 3.8) is 0 Å². The van der Waals surface area contributed by atoms with Crippen LogP contribution in [0.3, 0.4) is 0 Å². The molecule has 1 aliphatic carbocycles. The van der Waals surface area contributed by atoms with Gasteiger partial charge in [0.1, 0.15) is 23.2 Å². The lowest BCUT2D eigenvalue weighted by Gasteiger charge is -2.29. The molecule has 4 rings (SSSR count). The highest BCUT2D eigenvalue weighted by Crippen LogP contribution is 2.36. The fourth-order valence-corrected chi connectivity index (χ4v) is 4.35. The molecule has 4 N–H and O–H groups in total. The molecule has 1 aromatic carbocycles.